The molecule has 0 unspecified atom stereocenters. The maximum Gasteiger partial charge on any atom is 0.252 e. The number of nitrogens with one attached hydrogen (secondary N) is 2. The number of hydrogen-bond donors (Lipinski definition) is 2. The van der Waals surface area contributed by atoms with Gasteiger partial charge in [-0.2, -0.15) is 5.10 Å². The van der Waals surface area contributed by atoms with E-state index in [4.69, 9.17) is 4.98 Å². The number of aromatic nitrogens is 3. The van der Waals surface area contributed by atoms with Crippen molar-refractivity contribution in [2.24, 2.45) is 0 Å². The van der Waals surface area contributed by atoms with Gasteiger partial charge in [-0.25, -0.2) is 9.67 Å². The van der Waals surface area contributed by atoms with Gasteiger partial charge in [0.15, 0.2) is 5.65 Å². The molecule has 1 atom stereocenters. The zero-order valence-corrected chi connectivity index (χ0v) is 16.4. The summed E-state index contributed by atoms with van der Waals surface area (Å²) >= 11 is 0. The lowest BCUT2D eigenvalue weighted by Gasteiger charge is -2.14. The second kappa shape index (κ2) is 8.31. The summed E-state index contributed by atoms with van der Waals surface area (Å²) in [5.74, 6) is -0.104. The van der Waals surface area contributed by atoms with Gasteiger partial charge < -0.3 is 10.6 Å². The van der Waals surface area contributed by atoms with E-state index in [1.165, 1.54) is 0 Å². The highest BCUT2D eigenvalue weighted by Crippen LogP contribution is 2.26. The molecule has 142 valence electrons. The Hall–Kier alpha value is -2.73. The molecule has 1 aromatic carbocycles. The lowest BCUT2D eigenvalue weighted by Crippen LogP contribution is -2.38. The van der Waals surface area contributed by atoms with E-state index < -0.39 is 0 Å². The van der Waals surface area contributed by atoms with Crippen molar-refractivity contribution in [2.75, 3.05) is 13.1 Å². The Morgan fingerprint density at radius 1 is 1.19 bits per heavy atom. The molecule has 0 radical (unpaired) electrons. The Labute approximate surface area is 160 Å². The van der Waals surface area contributed by atoms with Gasteiger partial charge in [0, 0.05) is 24.2 Å². The SMILES string of the molecule is CCN[C@H](C)CNC(=O)c1cc(-c2ccccc2)nc2c1cnn2C(C)C. The van der Waals surface area contributed by atoms with Crippen LogP contribution in [0.25, 0.3) is 22.3 Å². The van der Waals surface area contributed by atoms with E-state index in [2.05, 4.69) is 43.4 Å². The van der Waals surface area contributed by atoms with Gasteiger partial charge in [-0.1, -0.05) is 37.3 Å². The molecule has 2 aromatic heterocycles. The normalized spacial score (nSPS) is 12.5. The first-order valence-corrected chi connectivity index (χ1v) is 9.46. The Bertz CT molecular complexity index is 917. The summed E-state index contributed by atoms with van der Waals surface area (Å²) in [6.45, 7) is 9.66. The lowest BCUT2D eigenvalue weighted by atomic mass is 10.1. The van der Waals surface area contributed by atoms with Crippen LogP contribution < -0.4 is 10.6 Å². The minimum atomic E-state index is -0.104. The molecule has 0 fully saturated rings. The summed E-state index contributed by atoms with van der Waals surface area (Å²) in [6.07, 6.45) is 1.74. The van der Waals surface area contributed by atoms with Crippen LogP contribution in [0.2, 0.25) is 0 Å². The van der Waals surface area contributed by atoms with Gasteiger partial charge >= 0.3 is 0 Å². The molecule has 2 heterocycles. The van der Waals surface area contributed by atoms with Gasteiger partial charge in [-0.15, -0.1) is 0 Å². The summed E-state index contributed by atoms with van der Waals surface area (Å²) in [4.78, 5) is 17.7. The average Bonchev–Trinajstić information content (AvgIpc) is 3.10. The van der Waals surface area contributed by atoms with Crippen LogP contribution in [0.5, 0.6) is 0 Å². The Kier molecular flexibility index (Phi) is 5.86. The van der Waals surface area contributed by atoms with Crippen LogP contribution >= 0.6 is 0 Å². The van der Waals surface area contributed by atoms with Crippen LogP contribution in [0, 0.1) is 0 Å². The number of hydrogen-bond acceptors (Lipinski definition) is 4. The Balaban J connectivity index is 2.03. The highest BCUT2D eigenvalue weighted by atomic mass is 16.1. The molecule has 0 saturated heterocycles. The summed E-state index contributed by atoms with van der Waals surface area (Å²) in [5.41, 5.74) is 3.09. The largest absolute Gasteiger partial charge is 0.350 e. The monoisotopic (exact) mass is 365 g/mol. The molecule has 3 aromatic rings. The molecule has 0 aliphatic heterocycles. The van der Waals surface area contributed by atoms with Crippen molar-refractivity contribution in [2.45, 2.75) is 39.8 Å². The molecule has 3 rings (SSSR count). The maximum absolute atomic E-state index is 12.9. The number of likely N-dealkylation sites (N-methyl/N-ethyl adjacent to an activating group) is 1. The van der Waals surface area contributed by atoms with Gasteiger partial charge in [0.05, 0.1) is 22.8 Å². The number of benzene rings is 1. The third-order valence-electron chi connectivity index (χ3n) is 4.49. The minimum absolute atomic E-state index is 0.104. The van der Waals surface area contributed by atoms with Crippen molar-refractivity contribution in [3.63, 3.8) is 0 Å². The lowest BCUT2D eigenvalue weighted by molar-refractivity contribution is 0.0952. The van der Waals surface area contributed by atoms with E-state index in [-0.39, 0.29) is 18.0 Å². The Morgan fingerprint density at radius 2 is 1.93 bits per heavy atom. The minimum Gasteiger partial charge on any atom is -0.350 e. The number of carbonyl (C=O) groups is 1. The van der Waals surface area contributed by atoms with E-state index in [1.807, 2.05) is 41.1 Å². The molecule has 2 N–H and O–H groups in total. The molecule has 0 saturated carbocycles. The van der Waals surface area contributed by atoms with Crippen molar-refractivity contribution < 1.29 is 4.79 Å². The first-order valence-electron chi connectivity index (χ1n) is 9.46. The fraction of sp³-hybridized carbons (Fsp3) is 0.381. The van der Waals surface area contributed by atoms with Crippen LogP contribution in [0.15, 0.2) is 42.6 Å². The maximum atomic E-state index is 12.9. The number of fused-ring (bicyclic) bond motifs is 1. The summed E-state index contributed by atoms with van der Waals surface area (Å²) in [7, 11) is 0. The van der Waals surface area contributed by atoms with Crippen molar-refractivity contribution in [1.29, 1.82) is 0 Å². The first-order chi connectivity index (χ1) is 13.0. The van der Waals surface area contributed by atoms with Crippen LogP contribution in [-0.4, -0.2) is 39.8 Å². The molecule has 27 heavy (non-hydrogen) atoms. The van der Waals surface area contributed by atoms with E-state index in [0.717, 1.165) is 28.8 Å². The fourth-order valence-electron chi connectivity index (χ4n) is 3.10. The van der Waals surface area contributed by atoms with Gasteiger partial charge in [-0.3, -0.25) is 4.79 Å². The summed E-state index contributed by atoms with van der Waals surface area (Å²) < 4.78 is 1.86. The quantitative estimate of drug-likeness (QED) is 0.673. The topological polar surface area (TPSA) is 71.8 Å². The zero-order valence-electron chi connectivity index (χ0n) is 16.4. The average molecular weight is 365 g/mol. The number of rotatable bonds is 7. The number of pyridine rings is 1. The van der Waals surface area contributed by atoms with Crippen LogP contribution in [-0.2, 0) is 0 Å². The zero-order chi connectivity index (χ0) is 19.4. The fourth-order valence-corrected chi connectivity index (χ4v) is 3.10. The van der Waals surface area contributed by atoms with Crippen molar-refractivity contribution >= 4 is 16.9 Å². The molecule has 0 bridgehead atoms. The smallest absolute Gasteiger partial charge is 0.252 e. The van der Waals surface area contributed by atoms with Crippen molar-refractivity contribution in [3.8, 4) is 11.3 Å². The summed E-state index contributed by atoms with van der Waals surface area (Å²) in [5, 5.41) is 11.6. The Morgan fingerprint density at radius 3 is 2.59 bits per heavy atom. The van der Waals surface area contributed by atoms with Crippen LogP contribution in [0.1, 0.15) is 44.1 Å². The molecule has 0 aliphatic carbocycles. The predicted molar refractivity (Wildman–Crippen MR) is 109 cm³/mol. The van der Waals surface area contributed by atoms with Gasteiger partial charge in [0.25, 0.3) is 5.91 Å². The highest BCUT2D eigenvalue weighted by molar-refractivity contribution is 6.06. The third-order valence-corrected chi connectivity index (χ3v) is 4.49. The van der Waals surface area contributed by atoms with Crippen LogP contribution in [0.4, 0.5) is 0 Å². The molecule has 6 nitrogen and oxygen atoms in total. The van der Waals surface area contributed by atoms with Crippen LogP contribution in [0.3, 0.4) is 0 Å². The second-order valence-corrected chi connectivity index (χ2v) is 7.01. The third kappa shape index (κ3) is 4.17. The van der Waals surface area contributed by atoms with E-state index >= 15 is 0 Å². The molecular weight excluding hydrogens is 338 g/mol. The van der Waals surface area contributed by atoms with Crippen molar-refractivity contribution in [3.05, 3.63) is 48.2 Å². The molecule has 0 aliphatic rings. The second-order valence-electron chi connectivity index (χ2n) is 7.01. The molecule has 0 spiro atoms. The number of amides is 1. The van der Waals surface area contributed by atoms with E-state index in [0.29, 0.717) is 12.1 Å². The molecule has 1 amide bonds. The van der Waals surface area contributed by atoms with Gasteiger partial charge in [-0.05, 0) is 33.4 Å². The standard InChI is InChI=1S/C21H27N5O/c1-5-22-15(4)12-23-21(27)17-11-19(16-9-7-6-8-10-16)25-20-18(17)13-24-26(20)14(2)3/h6-11,13-15,22H,5,12H2,1-4H3,(H,23,27)/t15-/m1/s1. The van der Waals surface area contributed by atoms with Gasteiger partial charge in [0.2, 0.25) is 0 Å². The number of carbonyl (C=O) groups excluding carboxylic acids is 1. The van der Waals surface area contributed by atoms with Crippen molar-refractivity contribution in [1.82, 2.24) is 25.4 Å². The highest BCUT2D eigenvalue weighted by Gasteiger charge is 2.18. The first kappa shape index (κ1) is 19.0. The van der Waals surface area contributed by atoms with E-state index in [1.54, 1.807) is 6.20 Å². The predicted octanol–water partition coefficient (Wildman–Crippen LogP) is 3.41. The summed E-state index contributed by atoms with van der Waals surface area (Å²) in [6, 6.07) is 12.1. The van der Waals surface area contributed by atoms with E-state index in [9.17, 15) is 4.79 Å². The molecule has 6 heteroatoms. The van der Waals surface area contributed by atoms with Gasteiger partial charge in [0.1, 0.15) is 0 Å². The molecular formula is C21H27N5O. The number of nitrogens with zero attached hydrogens (tertiary/aromatic N) is 3.